The molecule has 17 heavy (non-hydrogen) atoms. The summed E-state index contributed by atoms with van der Waals surface area (Å²) >= 11 is 0. The number of hydrogen-bond donors (Lipinski definition) is 1. The molecule has 0 fully saturated rings. The Hall–Kier alpha value is -1.16. The lowest BCUT2D eigenvalue weighted by molar-refractivity contribution is 0.376. The van der Waals surface area contributed by atoms with Gasteiger partial charge in [-0.1, -0.05) is 20.8 Å². The van der Waals surface area contributed by atoms with Gasteiger partial charge < -0.3 is 10.6 Å². The van der Waals surface area contributed by atoms with Crippen LogP contribution in [0.15, 0.2) is 12.4 Å². The second kappa shape index (κ2) is 5.96. The van der Waals surface area contributed by atoms with E-state index in [1.54, 1.807) is 12.4 Å². The van der Waals surface area contributed by atoms with Gasteiger partial charge in [-0.2, -0.15) is 0 Å². The smallest absolute Gasteiger partial charge is 0.150 e. The van der Waals surface area contributed by atoms with Gasteiger partial charge in [-0.05, 0) is 25.3 Å². The van der Waals surface area contributed by atoms with E-state index < -0.39 is 0 Å². The zero-order valence-corrected chi connectivity index (χ0v) is 11.4. The first kappa shape index (κ1) is 13.9. The van der Waals surface area contributed by atoms with Crippen LogP contribution in [0.1, 0.15) is 32.9 Å². The van der Waals surface area contributed by atoms with Crippen molar-refractivity contribution in [2.24, 2.45) is 11.1 Å². The standard InChI is InChI=1S/C13H24N4/c1-5-8-17(10-13(3,4)9-14)12-11(2)15-6-7-16-12/h6-7H,5,8-10,14H2,1-4H3. The SMILES string of the molecule is CCCN(CC(C)(C)CN)c1nccnc1C. The van der Waals surface area contributed by atoms with Crippen LogP contribution >= 0.6 is 0 Å². The third kappa shape index (κ3) is 3.97. The summed E-state index contributed by atoms with van der Waals surface area (Å²) in [4.78, 5) is 11.0. The molecule has 0 radical (unpaired) electrons. The minimum Gasteiger partial charge on any atom is -0.355 e. The maximum atomic E-state index is 5.80. The van der Waals surface area contributed by atoms with E-state index in [0.717, 1.165) is 31.0 Å². The van der Waals surface area contributed by atoms with E-state index in [-0.39, 0.29) is 5.41 Å². The molecule has 2 N–H and O–H groups in total. The lowest BCUT2D eigenvalue weighted by atomic mass is 9.93. The Morgan fingerprint density at radius 3 is 2.47 bits per heavy atom. The van der Waals surface area contributed by atoms with Gasteiger partial charge in [0.1, 0.15) is 5.82 Å². The van der Waals surface area contributed by atoms with Gasteiger partial charge >= 0.3 is 0 Å². The van der Waals surface area contributed by atoms with Crippen molar-refractivity contribution in [3.8, 4) is 0 Å². The highest BCUT2D eigenvalue weighted by Crippen LogP contribution is 2.21. The van der Waals surface area contributed by atoms with E-state index >= 15 is 0 Å². The van der Waals surface area contributed by atoms with Gasteiger partial charge in [0.05, 0.1) is 5.69 Å². The fourth-order valence-corrected chi connectivity index (χ4v) is 1.82. The van der Waals surface area contributed by atoms with Crippen LogP contribution < -0.4 is 10.6 Å². The van der Waals surface area contributed by atoms with Gasteiger partial charge in [0.25, 0.3) is 0 Å². The number of rotatable bonds is 6. The number of anilines is 1. The highest BCUT2D eigenvalue weighted by atomic mass is 15.2. The first-order chi connectivity index (χ1) is 8.00. The molecule has 1 aromatic heterocycles. The summed E-state index contributed by atoms with van der Waals surface area (Å²) in [6.45, 7) is 11.1. The van der Waals surface area contributed by atoms with Crippen molar-refractivity contribution in [3.63, 3.8) is 0 Å². The topological polar surface area (TPSA) is 55.0 Å². The van der Waals surface area contributed by atoms with Gasteiger partial charge in [0, 0.05) is 25.5 Å². The monoisotopic (exact) mass is 236 g/mol. The summed E-state index contributed by atoms with van der Waals surface area (Å²) in [5.74, 6) is 0.982. The number of hydrogen-bond acceptors (Lipinski definition) is 4. The molecule has 1 rings (SSSR count). The highest BCUT2D eigenvalue weighted by Gasteiger charge is 2.21. The molecule has 4 nitrogen and oxygen atoms in total. The quantitative estimate of drug-likeness (QED) is 0.820. The summed E-state index contributed by atoms with van der Waals surface area (Å²) in [5.41, 5.74) is 6.88. The summed E-state index contributed by atoms with van der Waals surface area (Å²) < 4.78 is 0. The van der Waals surface area contributed by atoms with Gasteiger partial charge in [0.15, 0.2) is 0 Å². The van der Waals surface area contributed by atoms with Crippen LogP contribution in [0.2, 0.25) is 0 Å². The van der Waals surface area contributed by atoms with Gasteiger partial charge in [0.2, 0.25) is 0 Å². The fourth-order valence-electron chi connectivity index (χ4n) is 1.82. The molecule has 0 atom stereocenters. The predicted octanol–water partition coefficient (Wildman–Crippen LogP) is 1.99. The molecule has 0 aliphatic heterocycles. The van der Waals surface area contributed by atoms with Crippen molar-refractivity contribution in [3.05, 3.63) is 18.1 Å². The number of nitrogens with zero attached hydrogens (tertiary/aromatic N) is 3. The largest absolute Gasteiger partial charge is 0.355 e. The maximum Gasteiger partial charge on any atom is 0.150 e. The molecular formula is C13H24N4. The van der Waals surface area contributed by atoms with E-state index in [2.05, 4.69) is 35.6 Å². The summed E-state index contributed by atoms with van der Waals surface area (Å²) in [6, 6.07) is 0. The normalized spacial score (nSPS) is 11.6. The van der Waals surface area contributed by atoms with Gasteiger partial charge in [-0.15, -0.1) is 0 Å². The lowest BCUT2D eigenvalue weighted by Crippen LogP contribution is -2.40. The first-order valence-electron chi connectivity index (χ1n) is 6.23. The average molecular weight is 236 g/mol. The molecule has 0 aromatic carbocycles. The van der Waals surface area contributed by atoms with Crippen LogP contribution in [0, 0.1) is 12.3 Å². The summed E-state index contributed by atoms with van der Waals surface area (Å²) in [7, 11) is 0. The van der Waals surface area contributed by atoms with Crippen molar-refractivity contribution < 1.29 is 0 Å². The molecule has 96 valence electrons. The molecule has 0 saturated heterocycles. The Morgan fingerprint density at radius 1 is 1.29 bits per heavy atom. The molecule has 0 aliphatic carbocycles. The van der Waals surface area contributed by atoms with E-state index in [9.17, 15) is 0 Å². The Balaban J connectivity index is 2.90. The molecule has 1 aromatic rings. The first-order valence-corrected chi connectivity index (χ1v) is 6.23. The number of aromatic nitrogens is 2. The highest BCUT2D eigenvalue weighted by molar-refractivity contribution is 5.42. The molecule has 0 amide bonds. The van der Waals surface area contributed by atoms with Gasteiger partial charge in [-0.25, -0.2) is 4.98 Å². The predicted molar refractivity (Wildman–Crippen MR) is 72.1 cm³/mol. The van der Waals surface area contributed by atoms with E-state index in [0.29, 0.717) is 6.54 Å². The molecule has 0 unspecified atom stereocenters. The molecule has 0 spiro atoms. The maximum absolute atomic E-state index is 5.80. The third-order valence-electron chi connectivity index (χ3n) is 2.82. The van der Waals surface area contributed by atoms with Crippen molar-refractivity contribution in [1.29, 1.82) is 0 Å². The summed E-state index contributed by atoms with van der Waals surface area (Å²) in [5, 5.41) is 0. The molecule has 1 heterocycles. The van der Waals surface area contributed by atoms with Crippen LogP contribution in [0.4, 0.5) is 5.82 Å². The Morgan fingerprint density at radius 2 is 1.94 bits per heavy atom. The zero-order chi connectivity index (χ0) is 12.9. The minimum absolute atomic E-state index is 0.0964. The average Bonchev–Trinajstić information content (AvgIpc) is 2.29. The number of nitrogens with two attached hydrogens (primary N) is 1. The van der Waals surface area contributed by atoms with Crippen LogP contribution in [-0.4, -0.2) is 29.6 Å². The van der Waals surface area contributed by atoms with E-state index in [4.69, 9.17) is 5.73 Å². The third-order valence-corrected chi connectivity index (χ3v) is 2.82. The summed E-state index contributed by atoms with van der Waals surface area (Å²) in [6.07, 6.45) is 4.58. The Labute approximate surface area is 104 Å². The van der Waals surface area contributed by atoms with E-state index in [1.165, 1.54) is 0 Å². The van der Waals surface area contributed by atoms with Crippen LogP contribution in [0.5, 0.6) is 0 Å². The van der Waals surface area contributed by atoms with Crippen LogP contribution in [0.25, 0.3) is 0 Å². The van der Waals surface area contributed by atoms with Crippen molar-refractivity contribution in [2.75, 3.05) is 24.5 Å². The van der Waals surface area contributed by atoms with Crippen molar-refractivity contribution in [2.45, 2.75) is 34.1 Å². The molecular weight excluding hydrogens is 212 g/mol. The second-order valence-corrected chi connectivity index (χ2v) is 5.26. The fraction of sp³-hybridized carbons (Fsp3) is 0.692. The lowest BCUT2D eigenvalue weighted by Gasteiger charge is -2.32. The minimum atomic E-state index is 0.0964. The van der Waals surface area contributed by atoms with E-state index in [1.807, 2.05) is 6.92 Å². The van der Waals surface area contributed by atoms with Crippen LogP contribution in [0.3, 0.4) is 0 Å². The molecule has 0 saturated carbocycles. The van der Waals surface area contributed by atoms with Gasteiger partial charge in [-0.3, -0.25) is 4.98 Å². The second-order valence-electron chi connectivity index (χ2n) is 5.26. The zero-order valence-electron chi connectivity index (χ0n) is 11.4. The van der Waals surface area contributed by atoms with Crippen LogP contribution in [-0.2, 0) is 0 Å². The van der Waals surface area contributed by atoms with Crippen molar-refractivity contribution >= 4 is 5.82 Å². The molecule has 4 heteroatoms. The number of aryl methyl sites for hydroxylation is 1. The molecule has 0 bridgehead atoms. The molecule has 0 aliphatic rings. The van der Waals surface area contributed by atoms with Crippen molar-refractivity contribution in [1.82, 2.24) is 9.97 Å². The Kier molecular flexibility index (Phi) is 4.87. The Bertz CT molecular complexity index is 349.